The number of rotatable bonds is 5. The number of carbonyl (C=O) groups excluding carboxylic acids is 1. The highest BCUT2D eigenvalue weighted by Gasteiger charge is 2.15. The lowest BCUT2D eigenvalue weighted by Gasteiger charge is -2.09. The highest BCUT2D eigenvalue weighted by molar-refractivity contribution is 6.04. The van der Waals surface area contributed by atoms with Crippen molar-refractivity contribution in [2.75, 3.05) is 13.2 Å². The number of ether oxygens (including phenoxy) is 2. The summed E-state index contributed by atoms with van der Waals surface area (Å²) >= 11 is 0. The van der Waals surface area contributed by atoms with Crippen molar-refractivity contribution in [3.05, 3.63) is 30.0 Å². The van der Waals surface area contributed by atoms with E-state index in [0.29, 0.717) is 24.5 Å². The van der Waals surface area contributed by atoms with Crippen molar-refractivity contribution >= 4 is 16.9 Å². The summed E-state index contributed by atoms with van der Waals surface area (Å²) < 4.78 is 12.7. The number of aromatic nitrogens is 1. The Labute approximate surface area is 112 Å². The van der Waals surface area contributed by atoms with E-state index in [4.69, 9.17) is 9.47 Å². The Kier molecular flexibility index (Phi) is 4.10. The first-order chi connectivity index (χ1) is 9.21. The summed E-state index contributed by atoms with van der Waals surface area (Å²) in [6, 6.07) is 5.66. The van der Waals surface area contributed by atoms with Gasteiger partial charge in [-0.3, -0.25) is 0 Å². The molecule has 0 N–H and O–H groups in total. The predicted octanol–water partition coefficient (Wildman–Crippen LogP) is 3.24. The zero-order chi connectivity index (χ0) is 13.8. The van der Waals surface area contributed by atoms with Crippen molar-refractivity contribution in [3.63, 3.8) is 0 Å². The van der Waals surface area contributed by atoms with E-state index in [1.54, 1.807) is 13.0 Å². The molecule has 1 aromatic heterocycles. The smallest absolute Gasteiger partial charge is 0.338 e. The highest BCUT2D eigenvalue weighted by atomic mass is 16.5. The zero-order valence-corrected chi connectivity index (χ0v) is 11.6. The maximum atomic E-state index is 12.0. The van der Waals surface area contributed by atoms with E-state index in [9.17, 15) is 4.79 Å². The van der Waals surface area contributed by atoms with Gasteiger partial charge in [-0.2, -0.15) is 0 Å². The van der Waals surface area contributed by atoms with E-state index < -0.39 is 0 Å². The molecule has 0 aliphatic carbocycles. The van der Waals surface area contributed by atoms with Crippen molar-refractivity contribution in [2.45, 2.75) is 27.3 Å². The fourth-order valence-electron chi connectivity index (χ4n) is 2.17. The van der Waals surface area contributed by atoms with Gasteiger partial charge in [0, 0.05) is 24.2 Å². The van der Waals surface area contributed by atoms with Gasteiger partial charge in [-0.05, 0) is 32.9 Å². The summed E-state index contributed by atoms with van der Waals surface area (Å²) in [6.07, 6.45) is 1.98. The molecule has 4 nitrogen and oxygen atoms in total. The third-order valence-corrected chi connectivity index (χ3v) is 3.01. The Morgan fingerprint density at radius 3 is 2.63 bits per heavy atom. The minimum Gasteiger partial charge on any atom is -0.494 e. The molecule has 0 fully saturated rings. The summed E-state index contributed by atoms with van der Waals surface area (Å²) in [7, 11) is 0. The molecule has 19 heavy (non-hydrogen) atoms. The molecule has 0 unspecified atom stereocenters. The molecular weight excluding hydrogens is 242 g/mol. The van der Waals surface area contributed by atoms with Gasteiger partial charge in [0.05, 0.1) is 24.3 Å². The fraction of sp³-hybridized carbons (Fsp3) is 0.400. The molecule has 4 heteroatoms. The molecule has 0 spiro atoms. The van der Waals surface area contributed by atoms with Gasteiger partial charge in [0.2, 0.25) is 0 Å². The van der Waals surface area contributed by atoms with E-state index >= 15 is 0 Å². The van der Waals surface area contributed by atoms with Gasteiger partial charge in [-0.1, -0.05) is 0 Å². The van der Waals surface area contributed by atoms with Gasteiger partial charge >= 0.3 is 5.97 Å². The predicted molar refractivity (Wildman–Crippen MR) is 74.7 cm³/mol. The Morgan fingerprint density at radius 1 is 1.21 bits per heavy atom. The number of benzene rings is 1. The first kappa shape index (κ1) is 13.5. The van der Waals surface area contributed by atoms with Crippen molar-refractivity contribution in [2.24, 2.45) is 0 Å². The molecular formula is C15H19NO3. The second kappa shape index (κ2) is 5.78. The number of fused-ring (bicyclic) bond motifs is 1. The molecule has 0 atom stereocenters. The molecule has 0 amide bonds. The van der Waals surface area contributed by atoms with Gasteiger partial charge < -0.3 is 14.0 Å². The maximum absolute atomic E-state index is 12.0. The molecule has 0 bridgehead atoms. The first-order valence-corrected chi connectivity index (χ1v) is 6.64. The molecule has 0 aliphatic heterocycles. The Bertz CT molecular complexity index is 586. The van der Waals surface area contributed by atoms with Crippen LogP contribution in [-0.2, 0) is 11.3 Å². The Morgan fingerprint density at radius 2 is 2.00 bits per heavy atom. The van der Waals surface area contributed by atoms with Gasteiger partial charge in [-0.15, -0.1) is 0 Å². The number of nitrogens with zero attached hydrogens (tertiary/aromatic N) is 1. The van der Waals surface area contributed by atoms with E-state index in [2.05, 4.69) is 11.5 Å². The van der Waals surface area contributed by atoms with Crippen LogP contribution in [0.25, 0.3) is 10.9 Å². The van der Waals surface area contributed by atoms with Crippen LogP contribution >= 0.6 is 0 Å². The van der Waals surface area contributed by atoms with Crippen LogP contribution in [0.15, 0.2) is 24.4 Å². The number of hydrogen-bond acceptors (Lipinski definition) is 3. The van der Waals surface area contributed by atoms with Crippen molar-refractivity contribution in [3.8, 4) is 5.75 Å². The third kappa shape index (κ3) is 2.57. The van der Waals surface area contributed by atoms with Crippen molar-refractivity contribution < 1.29 is 14.3 Å². The molecule has 0 saturated heterocycles. The average molecular weight is 261 g/mol. The number of esters is 1. The van der Waals surface area contributed by atoms with E-state index in [0.717, 1.165) is 17.4 Å². The van der Waals surface area contributed by atoms with Crippen LogP contribution in [0.3, 0.4) is 0 Å². The Balaban J connectivity index is 2.59. The lowest BCUT2D eigenvalue weighted by atomic mass is 10.1. The molecule has 0 saturated carbocycles. The highest BCUT2D eigenvalue weighted by Crippen LogP contribution is 2.27. The quantitative estimate of drug-likeness (QED) is 0.776. The summed E-state index contributed by atoms with van der Waals surface area (Å²) in [4.78, 5) is 12.0. The van der Waals surface area contributed by atoms with Crippen LogP contribution in [0, 0.1) is 0 Å². The molecule has 0 aliphatic rings. The monoisotopic (exact) mass is 261 g/mol. The van der Waals surface area contributed by atoms with Gasteiger partial charge in [-0.25, -0.2) is 4.79 Å². The maximum Gasteiger partial charge on any atom is 0.338 e. The van der Waals surface area contributed by atoms with Crippen LogP contribution in [-0.4, -0.2) is 23.8 Å². The zero-order valence-electron chi connectivity index (χ0n) is 11.6. The standard InChI is InChI=1S/C15H19NO3/c1-4-16-8-7-12-13(15(17)19-6-3)9-11(18-5-2)10-14(12)16/h7-10H,4-6H2,1-3H3. The molecule has 102 valence electrons. The van der Waals surface area contributed by atoms with Crippen LogP contribution in [0.1, 0.15) is 31.1 Å². The van der Waals surface area contributed by atoms with Crippen molar-refractivity contribution in [1.29, 1.82) is 0 Å². The van der Waals surface area contributed by atoms with Crippen LogP contribution in [0.4, 0.5) is 0 Å². The molecule has 1 heterocycles. The largest absolute Gasteiger partial charge is 0.494 e. The summed E-state index contributed by atoms with van der Waals surface area (Å²) in [5.74, 6) is 0.398. The molecule has 0 radical (unpaired) electrons. The fourth-order valence-corrected chi connectivity index (χ4v) is 2.17. The van der Waals surface area contributed by atoms with E-state index in [1.807, 2.05) is 25.3 Å². The lowest BCUT2D eigenvalue weighted by molar-refractivity contribution is 0.0528. The second-order valence-electron chi connectivity index (χ2n) is 4.16. The topological polar surface area (TPSA) is 40.5 Å². The number of aryl methyl sites for hydroxylation is 1. The minimum absolute atomic E-state index is 0.303. The van der Waals surface area contributed by atoms with E-state index in [1.165, 1.54) is 0 Å². The Hall–Kier alpha value is -1.97. The average Bonchev–Trinajstić information content (AvgIpc) is 2.81. The summed E-state index contributed by atoms with van der Waals surface area (Å²) in [5.41, 5.74) is 1.56. The molecule has 1 aromatic carbocycles. The van der Waals surface area contributed by atoms with Gasteiger partial charge in [0.15, 0.2) is 0 Å². The molecule has 2 aromatic rings. The van der Waals surface area contributed by atoms with Crippen LogP contribution < -0.4 is 4.74 Å². The summed E-state index contributed by atoms with van der Waals surface area (Å²) in [5, 5.41) is 0.906. The van der Waals surface area contributed by atoms with Crippen LogP contribution in [0.5, 0.6) is 5.75 Å². The molecule has 2 rings (SSSR count). The van der Waals surface area contributed by atoms with E-state index in [-0.39, 0.29) is 5.97 Å². The van der Waals surface area contributed by atoms with Crippen molar-refractivity contribution in [1.82, 2.24) is 4.57 Å². The van der Waals surface area contributed by atoms with Gasteiger partial charge in [0.25, 0.3) is 0 Å². The summed E-state index contributed by atoms with van der Waals surface area (Å²) in [6.45, 7) is 7.58. The SMILES string of the molecule is CCOC(=O)c1cc(OCC)cc2c1ccn2CC. The second-order valence-corrected chi connectivity index (χ2v) is 4.16. The number of hydrogen-bond donors (Lipinski definition) is 0. The van der Waals surface area contributed by atoms with Gasteiger partial charge in [0.1, 0.15) is 5.75 Å². The lowest BCUT2D eigenvalue weighted by Crippen LogP contribution is -2.06. The minimum atomic E-state index is -0.303. The third-order valence-electron chi connectivity index (χ3n) is 3.01. The normalized spacial score (nSPS) is 10.7. The first-order valence-electron chi connectivity index (χ1n) is 6.64. The van der Waals surface area contributed by atoms with Crippen LogP contribution in [0.2, 0.25) is 0 Å². The number of carbonyl (C=O) groups is 1.